The summed E-state index contributed by atoms with van der Waals surface area (Å²) in [6.45, 7) is 6.55. The summed E-state index contributed by atoms with van der Waals surface area (Å²) in [7, 11) is 0. The lowest BCUT2D eigenvalue weighted by Gasteiger charge is -2.15. The van der Waals surface area contributed by atoms with E-state index in [4.69, 9.17) is 11.6 Å². The van der Waals surface area contributed by atoms with Crippen molar-refractivity contribution in [3.8, 4) is 0 Å². The van der Waals surface area contributed by atoms with Crippen LogP contribution in [0.15, 0.2) is 11.0 Å². The number of aromatic nitrogens is 2. The number of anilines is 1. The second-order valence-corrected chi connectivity index (χ2v) is 4.53. The van der Waals surface area contributed by atoms with Crippen LogP contribution in [0, 0.1) is 0 Å². The summed E-state index contributed by atoms with van der Waals surface area (Å²) in [5, 5.41) is 9.66. The van der Waals surface area contributed by atoms with Crippen molar-refractivity contribution in [1.29, 1.82) is 0 Å². The van der Waals surface area contributed by atoms with Gasteiger partial charge in [0.25, 0.3) is 5.56 Å². The van der Waals surface area contributed by atoms with Gasteiger partial charge in [0.15, 0.2) is 0 Å². The van der Waals surface area contributed by atoms with Gasteiger partial charge in [-0.05, 0) is 20.3 Å². The van der Waals surface area contributed by atoms with Gasteiger partial charge in [-0.15, -0.1) is 0 Å². The van der Waals surface area contributed by atoms with E-state index in [0.717, 1.165) is 6.42 Å². The summed E-state index contributed by atoms with van der Waals surface area (Å²) >= 11 is 5.96. The summed E-state index contributed by atoms with van der Waals surface area (Å²) in [4.78, 5) is 23.5. The van der Waals surface area contributed by atoms with Crippen LogP contribution in [0.2, 0.25) is 5.02 Å². The summed E-state index contributed by atoms with van der Waals surface area (Å²) < 4.78 is 1.26. The number of rotatable bonds is 6. The van der Waals surface area contributed by atoms with E-state index in [0.29, 0.717) is 18.8 Å². The number of halogens is 1. The van der Waals surface area contributed by atoms with Crippen LogP contribution < -0.4 is 16.2 Å². The molecule has 0 aliphatic heterocycles. The third-order valence-corrected chi connectivity index (χ3v) is 2.96. The van der Waals surface area contributed by atoms with Gasteiger partial charge < -0.3 is 10.6 Å². The van der Waals surface area contributed by atoms with Gasteiger partial charge in [0.05, 0.1) is 11.9 Å². The van der Waals surface area contributed by atoms with Gasteiger partial charge in [-0.3, -0.25) is 9.59 Å². The van der Waals surface area contributed by atoms with Crippen LogP contribution in [0.5, 0.6) is 0 Å². The molecule has 6 nitrogen and oxygen atoms in total. The third kappa shape index (κ3) is 3.96. The quantitative estimate of drug-likeness (QED) is 0.825. The number of amides is 1. The first-order valence-electron chi connectivity index (χ1n) is 6.31. The van der Waals surface area contributed by atoms with Gasteiger partial charge in [-0.2, -0.15) is 5.10 Å². The van der Waals surface area contributed by atoms with Gasteiger partial charge in [0.2, 0.25) is 5.91 Å². The molecule has 1 atom stereocenters. The second kappa shape index (κ2) is 7.13. The first-order chi connectivity index (χ1) is 9.01. The number of carbonyl (C=O) groups is 1. The predicted molar refractivity (Wildman–Crippen MR) is 75.6 cm³/mol. The number of aryl methyl sites for hydroxylation is 1. The average molecular weight is 287 g/mol. The van der Waals surface area contributed by atoms with Crippen LogP contribution in [0.25, 0.3) is 0 Å². The maximum Gasteiger partial charge on any atom is 0.287 e. The van der Waals surface area contributed by atoms with Crippen molar-refractivity contribution >= 4 is 23.2 Å². The highest BCUT2D eigenvalue weighted by Gasteiger charge is 2.15. The fourth-order valence-corrected chi connectivity index (χ4v) is 1.69. The molecule has 2 N–H and O–H groups in total. The molecule has 0 aromatic carbocycles. The van der Waals surface area contributed by atoms with Crippen molar-refractivity contribution in [2.75, 3.05) is 11.9 Å². The van der Waals surface area contributed by atoms with Crippen molar-refractivity contribution in [3.05, 3.63) is 21.6 Å². The minimum Gasteiger partial charge on any atom is -0.371 e. The topological polar surface area (TPSA) is 76.0 Å². The SMILES string of the molecule is CCCNC(=O)C(C)Nc1cnn(CC)c(=O)c1Cl. The van der Waals surface area contributed by atoms with Crippen molar-refractivity contribution in [2.45, 2.75) is 39.8 Å². The van der Waals surface area contributed by atoms with E-state index in [-0.39, 0.29) is 16.5 Å². The summed E-state index contributed by atoms with van der Waals surface area (Å²) in [6.07, 6.45) is 2.32. The lowest BCUT2D eigenvalue weighted by Crippen LogP contribution is -2.38. The van der Waals surface area contributed by atoms with Crippen LogP contribution in [-0.4, -0.2) is 28.3 Å². The van der Waals surface area contributed by atoms with Crippen LogP contribution in [0.4, 0.5) is 5.69 Å². The highest BCUT2D eigenvalue weighted by molar-refractivity contribution is 6.33. The first-order valence-corrected chi connectivity index (χ1v) is 6.68. The smallest absolute Gasteiger partial charge is 0.287 e. The molecule has 19 heavy (non-hydrogen) atoms. The Kier molecular flexibility index (Phi) is 5.82. The molecule has 1 rings (SSSR count). The van der Waals surface area contributed by atoms with E-state index in [1.165, 1.54) is 10.9 Å². The summed E-state index contributed by atoms with van der Waals surface area (Å²) in [6, 6.07) is -0.484. The lowest BCUT2D eigenvalue weighted by atomic mass is 10.3. The molecule has 7 heteroatoms. The molecule has 1 aromatic rings. The predicted octanol–water partition coefficient (Wildman–Crippen LogP) is 1.24. The maximum atomic E-state index is 11.8. The van der Waals surface area contributed by atoms with Gasteiger partial charge in [-0.1, -0.05) is 18.5 Å². The van der Waals surface area contributed by atoms with Crippen LogP contribution in [0.3, 0.4) is 0 Å². The second-order valence-electron chi connectivity index (χ2n) is 4.15. The molecule has 1 unspecified atom stereocenters. The maximum absolute atomic E-state index is 11.8. The summed E-state index contributed by atoms with van der Waals surface area (Å²) in [5.41, 5.74) is 0.00541. The minimum atomic E-state index is -0.484. The standard InChI is InChI=1S/C12H19ClN4O2/c1-4-6-14-11(18)8(3)16-9-7-15-17(5-2)12(19)10(9)13/h7-8,16H,4-6H2,1-3H3,(H,14,18). The van der Waals surface area contributed by atoms with Crippen molar-refractivity contribution in [2.24, 2.45) is 0 Å². The van der Waals surface area contributed by atoms with Crippen LogP contribution in [0.1, 0.15) is 27.2 Å². The molecule has 0 bridgehead atoms. The van der Waals surface area contributed by atoms with E-state index in [2.05, 4.69) is 15.7 Å². The molecule has 0 fully saturated rings. The number of hydrogen-bond acceptors (Lipinski definition) is 4. The Morgan fingerprint density at radius 3 is 2.79 bits per heavy atom. The Balaban J connectivity index is 2.80. The molecule has 106 valence electrons. The fraction of sp³-hybridized carbons (Fsp3) is 0.583. The average Bonchev–Trinajstić information content (AvgIpc) is 2.41. The molecule has 0 spiro atoms. The van der Waals surface area contributed by atoms with Crippen LogP contribution >= 0.6 is 11.6 Å². The van der Waals surface area contributed by atoms with Crippen molar-refractivity contribution in [3.63, 3.8) is 0 Å². The number of nitrogens with zero attached hydrogens (tertiary/aromatic N) is 2. The van der Waals surface area contributed by atoms with Gasteiger partial charge >= 0.3 is 0 Å². The van der Waals surface area contributed by atoms with Crippen molar-refractivity contribution in [1.82, 2.24) is 15.1 Å². The molecule has 1 aromatic heterocycles. The van der Waals surface area contributed by atoms with E-state index >= 15 is 0 Å². The molecule has 0 saturated carbocycles. The number of nitrogens with one attached hydrogen (secondary N) is 2. The van der Waals surface area contributed by atoms with E-state index in [1.807, 2.05) is 6.92 Å². The molecule has 0 saturated heterocycles. The Morgan fingerprint density at radius 2 is 2.21 bits per heavy atom. The molecule has 1 amide bonds. The molecular formula is C12H19ClN4O2. The Morgan fingerprint density at radius 1 is 1.53 bits per heavy atom. The zero-order valence-electron chi connectivity index (χ0n) is 11.4. The van der Waals surface area contributed by atoms with E-state index in [9.17, 15) is 9.59 Å². The number of carbonyl (C=O) groups excluding carboxylic acids is 1. The zero-order chi connectivity index (χ0) is 14.4. The molecular weight excluding hydrogens is 268 g/mol. The monoisotopic (exact) mass is 286 g/mol. The largest absolute Gasteiger partial charge is 0.371 e. The lowest BCUT2D eigenvalue weighted by molar-refractivity contribution is -0.121. The van der Waals surface area contributed by atoms with Crippen molar-refractivity contribution < 1.29 is 4.79 Å². The molecule has 0 radical (unpaired) electrons. The third-order valence-electron chi connectivity index (χ3n) is 2.60. The van der Waals surface area contributed by atoms with Gasteiger partial charge in [-0.25, -0.2) is 4.68 Å². The van der Waals surface area contributed by atoms with E-state index in [1.54, 1.807) is 13.8 Å². The Bertz CT molecular complexity index is 501. The summed E-state index contributed by atoms with van der Waals surface area (Å²) in [5.74, 6) is -0.141. The molecule has 0 aliphatic rings. The van der Waals surface area contributed by atoms with Gasteiger partial charge in [0.1, 0.15) is 11.1 Å². The van der Waals surface area contributed by atoms with E-state index < -0.39 is 6.04 Å². The van der Waals surface area contributed by atoms with Crippen LogP contribution in [-0.2, 0) is 11.3 Å². The highest BCUT2D eigenvalue weighted by atomic mass is 35.5. The zero-order valence-corrected chi connectivity index (χ0v) is 12.1. The molecule has 0 aliphatic carbocycles. The normalized spacial score (nSPS) is 12.0. The Labute approximate surface area is 117 Å². The fourth-order valence-electron chi connectivity index (χ4n) is 1.49. The molecule has 1 heterocycles. The minimum absolute atomic E-state index is 0.0481. The van der Waals surface area contributed by atoms with Gasteiger partial charge in [0, 0.05) is 13.1 Å². The highest BCUT2D eigenvalue weighted by Crippen LogP contribution is 2.16. The Hall–Kier alpha value is -1.56. The first kappa shape index (κ1) is 15.5. The number of hydrogen-bond donors (Lipinski definition) is 2.